The highest BCUT2D eigenvalue weighted by atomic mass is 16.5. The third-order valence-corrected chi connectivity index (χ3v) is 3.88. The maximum Gasteiger partial charge on any atom is 0.261 e. The van der Waals surface area contributed by atoms with Gasteiger partial charge in [0.2, 0.25) is 0 Å². The number of amides is 1. The molecule has 2 rings (SSSR count). The van der Waals surface area contributed by atoms with Crippen molar-refractivity contribution < 1.29 is 9.53 Å². The summed E-state index contributed by atoms with van der Waals surface area (Å²) in [7, 11) is 0. The van der Waals surface area contributed by atoms with Crippen molar-refractivity contribution in [1.29, 1.82) is 0 Å². The fraction of sp³-hybridized carbons (Fsp3) is 0.500. The SMILES string of the molecule is Cc1ccc(O[C@H](C)C(=O)NCC2=CCCCC2)c(C)c1. The van der Waals surface area contributed by atoms with Gasteiger partial charge in [0.1, 0.15) is 5.75 Å². The average Bonchev–Trinajstić information content (AvgIpc) is 2.48. The lowest BCUT2D eigenvalue weighted by Gasteiger charge is -2.18. The van der Waals surface area contributed by atoms with Crippen molar-refractivity contribution in [2.45, 2.75) is 52.6 Å². The number of carbonyl (C=O) groups is 1. The van der Waals surface area contributed by atoms with Crippen LogP contribution in [0.5, 0.6) is 5.75 Å². The van der Waals surface area contributed by atoms with Crippen LogP contribution in [0.4, 0.5) is 0 Å². The number of carbonyl (C=O) groups excluding carboxylic acids is 1. The van der Waals surface area contributed by atoms with Gasteiger partial charge in [0, 0.05) is 6.54 Å². The first-order valence-corrected chi connectivity index (χ1v) is 7.76. The quantitative estimate of drug-likeness (QED) is 0.839. The molecule has 0 radical (unpaired) electrons. The van der Waals surface area contributed by atoms with Crippen LogP contribution in [0.25, 0.3) is 0 Å². The Bertz CT molecular complexity index is 534. The monoisotopic (exact) mass is 287 g/mol. The highest BCUT2D eigenvalue weighted by Crippen LogP contribution is 2.20. The zero-order valence-corrected chi connectivity index (χ0v) is 13.2. The molecule has 3 nitrogen and oxygen atoms in total. The summed E-state index contributed by atoms with van der Waals surface area (Å²) in [6, 6.07) is 5.99. The number of nitrogens with one attached hydrogen (secondary N) is 1. The number of rotatable bonds is 5. The Morgan fingerprint density at radius 3 is 2.81 bits per heavy atom. The average molecular weight is 287 g/mol. The van der Waals surface area contributed by atoms with E-state index in [4.69, 9.17) is 4.74 Å². The van der Waals surface area contributed by atoms with E-state index in [1.165, 1.54) is 24.0 Å². The maximum atomic E-state index is 12.1. The maximum absolute atomic E-state index is 12.1. The van der Waals surface area contributed by atoms with Crippen molar-refractivity contribution >= 4 is 5.91 Å². The molecule has 1 N–H and O–H groups in total. The summed E-state index contributed by atoms with van der Waals surface area (Å²) in [6.45, 7) is 6.49. The van der Waals surface area contributed by atoms with Gasteiger partial charge in [-0.3, -0.25) is 4.79 Å². The Labute approximate surface area is 127 Å². The molecule has 0 spiro atoms. The van der Waals surface area contributed by atoms with Crippen LogP contribution in [-0.2, 0) is 4.79 Å². The smallest absolute Gasteiger partial charge is 0.261 e. The molecule has 0 aromatic heterocycles. The van der Waals surface area contributed by atoms with E-state index >= 15 is 0 Å². The lowest BCUT2D eigenvalue weighted by Crippen LogP contribution is -2.37. The fourth-order valence-electron chi connectivity index (χ4n) is 2.59. The molecule has 1 aliphatic rings. The molecular weight excluding hydrogens is 262 g/mol. The molecule has 21 heavy (non-hydrogen) atoms. The lowest BCUT2D eigenvalue weighted by atomic mass is 10.00. The van der Waals surface area contributed by atoms with Crippen molar-refractivity contribution in [2.75, 3.05) is 6.54 Å². The zero-order valence-electron chi connectivity index (χ0n) is 13.2. The molecular formula is C18H25NO2. The van der Waals surface area contributed by atoms with Crippen LogP contribution in [0.1, 0.15) is 43.7 Å². The predicted octanol–water partition coefficient (Wildman–Crippen LogP) is 3.69. The molecule has 0 fully saturated rings. The molecule has 0 heterocycles. The molecule has 3 heteroatoms. The summed E-state index contributed by atoms with van der Waals surface area (Å²) >= 11 is 0. The molecule has 0 unspecified atom stereocenters. The van der Waals surface area contributed by atoms with Crippen molar-refractivity contribution in [3.8, 4) is 5.75 Å². The van der Waals surface area contributed by atoms with Crippen molar-refractivity contribution in [1.82, 2.24) is 5.32 Å². The largest absolute Gasteiger partial charge is 0.481 e. The van der Waals surface area contributed by atoms with Crippen LogP contribution in [0.15, 0.2) is 29.8 Å². The van der Waals surface area contributed by atoms with Gasteiger partial charge in [-0.25, -0.2) is 0 Å². The van der Waals surface area contributed by atoms with Crippen LogP contribution in [-0.4, -0.2) is 18.6 Å². The van der Waals surface area contributed by atoms with E-state index in [1.54, 1.807) is 6.92 Å². The van der Waals surface area contributed by atoms with Crippen LogP contribution in [0, 0.1) is 13.8 Å². The Morgan fingerprint density at radius 1 is 1.33 bits per heavy atom. The number of hydrogen-bond donors (Lipinski definition) is 1. The van der Waals surface area contributed by atoms with Crippen molar-refractivity contribution in [3.63, 3.8) is 0 Å². The first kappa shape index (κ1) is 15.6. The highest BCUT2D eigenvalue weighted by Gasteiger charge is 2.16. The van der Waals surface area contributed by atoms with E-state index in [9.17, 15) is 4.79 Å². The van der Waals surface area contributed by atoms with E-state index in [2.05, 4.69) is 17.5 Å². The third kappa shape index (κ3) is 4.62. The number of aryl methyl sites for hydroxylation is 2. The van der Waals surface area contributed by atoms with Gasteiger partial charge < -0.3 is 10.1 Å². The Morgan fingerprint density at radius 2 is 2.14 bits per heavy atom. The molecule has 1 aliphatic carbocycles. The number of allylic oxidation sites excluding steroid dienone is 1. The second-order valence-corrected chi connectivity index (χ2v) is 5.85. The summed E-state index contributed by atoms with van der Waals surface area (Å²) < 4.78 is 5.77. The lowest BCUT2D eigenvalue weighted by molar-refractivity contribution is -0.127. The molecule has 0 bridgehead atoms. The third-order valence-electron chi connectivity index (χ3n) is 3.88. The van der Waals surface area contributed by atoms with Gasteiger partial charge in [0.05, 0.1) is 0 Å². The van der Waals surface area contributed by atoms with E-state index in [-0.39, 0.29) is 5.91 Å². The topological polar surface area (TPSA) is 38.3 Å². The molecule has 114 valence electrons. The molecule has 0 saturated heterocycles. The minimum absolute atomic E-state index is 0.0542. The van der Waals surface area contributed by atoms with Gasteiger partial charge in [-0.1, -0.05) is 29.3 Å². The summed E-state index contributed by atoms with van der Waals surface area (Å²) in [5.74, 6) is 0.724. The molecule has 0 aliphatic heterocycles. The van der Waals surface area contributed by atoms with Crippen LogP contribution in [0.2, 0.25) is 0 Å². The number of benzene rings is 1. The molecule has 1 aromatic rings. The fourth-order valence-corrected chi connectivity index (χ4v) is 2.59. The molecule has 1 aromatic carbocycles. The molecule has 1 atom stereocenters. The summed E-state index contributed by atoms with van der Waals surface area (Å²) in [6.07, 6.45) is 6.52. The number of ether oxygens (including phenoxy) is 1. The molecule has 1 amide bonds. The van der Waals surface area contributed by atoms with Crippen LogP contribution in [0.3, 0.4) is 0 Å². The molecule has 0 saturated carbocycles. The van der Waals surface area contributed by atoms with Gasteiger partial charge in [0.25, 0.3) is 5.91 Å². The second-order valence-electron chi connectivity index (χ2n) is 5.85. The van der Waals surface area contributed by atoms with Crippen LogP contribution >= 0.6 is 0 Å². The standard InChI is InChI=1S/C18H25NO2/c1-13-9-10-17(14(2)11-13)21-15(3)18(20)19-12-16-7-5-4-6-8-16/h7,9-11,15H,4-6,8,12H2,1-3H3,(H,19,20)/t15-/m1/s1. The number of hydrogen-bond acceptors (Lipinski definition) is 2. The second kappa shape index (κ2) is 7.30. The van der Waals surface area contributed by atoms with Gasteiger partial charge in [-0.15, -0.1) is 0 Å². The normalized spacial score (nSPS) is 16.0. The predicted molar refractivity (Wildman–Crippen MR) is 85.6 cm³/mol. The minimum atomic E-state index is -0.476. The van der Waals surface area contributed by atoms with Gasteiger partial charge in [-0.05, 0) is 58.1 Å². The van der Waals surface area contributed by atoms with E-state index in [1.807, 2.05) is 26.0 Å². The summed E-state index contributed by atoms with van der Waals surface area (Å²) in [5, 5.41) is 2.97. The van der Waals surface area contributed by atoms with Crippen molar-refractivity contribution in [3.05, 3.63) is 41.0 Å². The minimum Gasteiger partial charge on any atom is -0.481 e. The van der Waals surface area contributed by atoms with Crippen molar-refractivity contribution in [2.24, 2.45) is 0 Å². The first-order valence-electron chi connectivity index (χ1n) is 7.76. The van der Waals surface area contributed by atoms with E-state index in [0.29, 0.717) is 6.54 Å². The first-order chi connectivity index (χ1) is 10.1. The zero-order chi connectivity index (χ0) is 15.2. The van der Waals surface area contributed by atoms with Gasteiger partial charge in [-0.2, -0.15) is 0 Å². The Hall–Kier alpha value is -1.77. The highest BCUT2D eigenvalue weighted by molar-refractivity contribution is 5.81. The summed E-state index contributed by atoms with van der Waals surface area (Å²) in [4.78, 5) is 12.1. The Balaban J connectivity index is 1.85. The van der Waals surface area contributed by atoms with Crippen LogP contribution < -0.4 is 10.1 Å². The van der Waals surface area contributed by atoms with Gasteiger partial charge in [0.15, 0.2) is 6.10 Å². The van der Waals surface area contributed by atoms with E-state index < -0.39 is 6.10 Å². The Kier molecular flexibility index (Phi) is 5.43. The van der Waals surface area contributed by atoms with E-state index in [0.717, 1.165) is 24.2 Å². The van der Waals surface area contributed by atoms with Gasteiger partial charge >= 0.3 is 0 Å². The summed E-state index contributed by atoms with van der Waals surface area (Å²) in [5.41, 5.74) is 3.60.